The second kappa shape index (κ2) is 3.35. The Balaban J connectivity index is 2.41. The molecule has 0 bridgehead atoms. The third-order valence-electron chi connectivity index (χ3n) is 2.21. The third kappa shape index (κ3) is 1.50. The van der Waals surface area contributed by atoms with Crippen molar-refractivity contribution in [2.45, 2.75) is 38.3 Å². The lowest BCUT2D eigenvalue weighted by molar-refractivity contribution is -0.0257. The third-order valence-corrected chi connectivity index (χ3v) is 2.21. The van der Waals surface area contributed by atoms with E-state index in [-0.39, 0.29) is 5.72 Å². The second-order valence-corrected chi connectivity index (χ2v) is 2.95. The van der Waals surface area contributed by atoms with Crippen molar-refractivity contribution < 1.29 is 4.74 Å². The molecule has 2 heteroatoms. The van der Waals surface area contributed by atoms with Gasteiger partial charge in [0.05, 0.1) is 0 Å². The van der Waals surface area contributed by atoms with E-state index in [4.69, 9.17) is 4.74 Å². The van der Waals surface area contributed by atoms with Crippen molar-refractivity contribution in [2.75, 3.05) is 13.7 Å². The van der Waals surface area contributed by atoms with Crippen molar-refractivity contribution in [3.8, 4) is 0 Å². The molecular weight excluding hydrogens is 126 g/mol. The summed E-state index contributed by atoms with van der Waals surface area (Å²) in [6.45, 7) is 3.13. The molecule has 60 valence electrons. The fraction of sp³-hybridized carbons (Fsp3) is 1.00. The molecule has 0 aromatic carbocycles. The van der Waals surface area contributed by atoms with Crippen LogP contribution < -0.4 is 5.32 Å². The van der Waals surface area contributed by atoms with Crippen molar-refractivity contribution in [1.82, 2.24) is 5.32 Å². The van der Waals surface area contributed by atoms with Gasteiger partial charge in [-0.25, -0.2) is 0 Å². The van der Waals surface area contributed by atoms with E-state index in [0.29, 0.717) is 0 Å². The highest BCUT2D eigenvalue weighted by Gasteiger charge is 2.31. The largest absolute Gasteiger partial charge is 0.361 e. The molecule has 1 unspecified atom stereocenters. The SMILES string of the molecule is CCCC1(NC)CCCO1. The van der Waals surface area contributed by atoms with Crippen LogP contribution in [0, 0.1) is 0 Å². The van der Waals surface area contributed by atoms with Gasteiger partial charge in [0, 0.05) is 6.61 Å². The molecule has 2 nitrogen and oxygen atoms in total. The zero-order valence-corrected chi connectivity index (χ0v) is 6.94. The minimum absolute atomic E-state index is 0.0365. The van der Waals surface area contributed by atoms with Gasteiger partial charge in [-0.2, -0.15) is 0 Å². The quantitative estimate of drug-likeness (QED) is 0.646. The van der Waals surface area contributed by atoms with Crippen LogP contribution in [0.2, 0.25) is 0 Å². The van der Waals surface area contributed by atoms with Gasteiger partial charge in [-0.05, 0) is 26.3 Å². The number of nitrogens with one attached hydrogen (secondary N) is 1. The summed E-state index contributed by atoms with van der Waals surface area (Å²) in [6.07, 6.45) is 4.72. The maximum Gasteiger partial charge on any atom is 0.119 e. The molecule has 1 rings (SSSR count). The van der Waals surface area contributed by atoms with E-state index in [1.807, 2.05) is 7.05 Å². The molecule has 0 amide bonds. The molecule has 1 N–H and O–H groups in total. The maximum absolute atomic E-state index is 5.62. The van der Waals surface area contributed by atoms with Gasteiger partial charge < -0.3 is 4.74 Å². The molecule has 0 aromatic heterocycles. The number of rotatable bonds is 3. The lowest BCUT2D eigenvalue weighted by Gasteiger charge is -2.27. The molecule has 0 saturated carbocycles. The van der Waals surface area contributed by atoms with Crippen LogP contribution in [0.1, 0.15) is 32.6 Å². The normalized spacial score (nSPS) is 33.0. The van der Waals surface area contributed by atoms with Gasteiger partial charge in [0.1, 0.15) is 5.72 Å². The van der Waals surface area contributed by atoms with Crippen LogP contribution >= 0.6 is 0 Å². The van der Waals surface area contributed by atoms with E-state index >= 15 is 0 Å². The van der Waals surface area contributed by atoms with Crippen LogP contribution in [0.25, 0.3) is 0 Å². The molecule has 1 saturated heterocycles. The Labute approximate surface area is 63.0 Å². The highest BCUT2D eigenvalue weighted by Crippen LogP contribution is 2.26. The van der Waals surface area contributed by atoms with Gasteiger partial charge in [0.25, 0.3) is 0 Å². The summed E-state index contributed by atoms with van der Waals surface area (Å²) in [7, 11) is 1.99. The Morgan fingerprint density at radius 1 is 1.60 bits per heavy atom. The van der Waals surface area contributed by atoms with Crippen molar-refractivity contribution in [2.24, 2.45) is 0 Å². The predicted octanol–water partition coefficient (Wildman–Crippen LogP) is 1.51. The van der Waals surface area contributed by atoms with Gasteiger partial charge in [-0.3, -0.25) is 5.32 Å². The van der Waals surface area contributed by atoms with E-state index in [1.54, 1.807) is 0 Å². The van der Waals surface area contributed by atoms with Crippen LogP contribution in [0.3, 0.4) is 0 Å². The van der Waals surface area contributed by atoms with Gasteiger partial charge in [-0.15, -0.1) is 0 Å². The van der Waals surface area contributed by atoms with Crippen molar-refractivity contribution >= 4 is 0 Å². The van der Waals surface area contributed by atoms with E-state index < -0.39 is 0 Å². The summed E-state index contributed by atoms with van der Waals surface area (Å²) in [4.78, 5) is 0. The molecule has 0 radical (unpaired) electrons. The Kier molecular flexibility index (Phi) is 2.69. The molecular formula is C8H17NO. The summed E-state index contributed by atoms with van der Waals surface area (Å²) in [6, 6.07) is 0. The Morgan fingerprint density at radius 3 is 2.80 bits per heavy atom. The average Bonchev–Trinajstić information content (AvgIpc) is 2.39. The zero-order valence-electron chi connectivity index (χ0n) is 6.94. The topological polar surface area (TPSA) is 21.3 Å². The first-order valence-corrected chi connectivity index (χ1v) is 4.16. The molecule has 0 aromatic rings. The first-order valence-electron chi connectivity index (χ1n) is 4.16. The van der Waals surface area contributed by atoms with Crippen molar-refractivity contribution in [1.29, 1.82) is 0 Å². The highest BCUT2D eigenvalue weighted by molar-refractivity contribution is 4.80. The zero-order chi connectivity index (χ0) is 7.45. The van der Waals surface area contributed by atoms with Crippen LogP contribution in [0.4, 0.5) is 0 Å². The molecule has 10 heavy (non-hydrogen) atoms. The fourth-order valence-corrected chi connectivity index (χ4v) is 1.62. The Morgan fingerprint density at radius 2 is 2.40 bits per heavy atom. The van der Waals surface area contributed by atoms with Gasteiger partial charge in [-0.1, -0.05) is 13.3 Å². The van der Waals surface area contributed by atoms with E-state index in [2.05, 4.69) is 12.2 Å². The van der Waals surface area contributed by atoms with E-state index in [1.165, 1.54) is 19.3 Å². The number of hydrogen-bond acceptors (Lipinski definition) is 2. The van der Waals surface area contributed by atoms with Crippen LogP contribution in [0.15, 0.2) is 0 Å². The summed E-state index contributed by atoms with van der Waals surface area (Å²) in [5, 5.41) is 3.26. The van der Waals surface area contributed by atoms with Gasteiger partial charge >= 0.3 is 0 Å². The van der Waals surface area contributed by atoms with Crippen molar-refractivity contribution in [3.63, 3.8) is 0 Å². The van der Waals surface area contributed by atoms with E-state index in [9.17, 15) is 0 Å². The second-order valence-electron chi connectivity index (χ2n) is 2.95. The molecule has 0 aliphatic carbocycles. The summed E-state index contributed by atoms with van der Waals surface area (Å²) >= 11 is 0. The van der Waals surface area contributed by atoms with E-state index in [0.717, 1.165) is 13.0 Å². The average molecular weight is 143 g/mol. The first-order chi connectivity index (χ1) is 4.83. The Bertz CT molecular complexity index is 97.4. The van der Waals surface area contributed by atoms with Gasteiger partial charge in [0.2, 0.25) is 0 Å². The standard InChI is InChI=1S/C8H17NO/c1-3-5-8(9-2)6-4-7-10-8/h9H,3-7H2,1-2H3. The fourth-order valence-electron chi connectivity index (χ4n) is 1.62. The predicted molar refractivity (Wildman–Crippen MR) is 41.9 cm³/mol. The number of ether oxygens (including phenoxy) is 1. The lowest BCUT2D eigenvalue weighted by atomic mass is 10.1. The first kappa shape index (κ1) is 8.02. The van der Waals surface area contributed by atoms with Crippen LogP contribution in [-0.2, 0) is 4.74 Å². The van der Waals surface area contributed by atoms with Crippen LogP contribution in [-0.4, -0.2) is 19.4 Å². The lowest BCUT2D eigenvalue weighted by Crippen LogP contribution is -2.41. The molecule has 1 heterocycles. The minimum atomic E-state index is 0.0365. The van der Waals surface area contributed by atoms with Gasteiger partial charge in [0.15, 0.2) is 0 Å². The molecule has 1 fully saturated rings. The van der Waals surface area contributed by atoms with Crippen LogP contribution in [0.5, 0.6) is 0 Å². The monoisotopic (exact) mass is 143 g/mol. The highest BCUT2D eigenvalue weighted by atomic mass is 16.5. The minimum Gasteiger partial charge on any atom is -0.361 e. The maximum atomic E-state index is 5.62. The molecule has 1 aliphatic heterocycles. The van der Waals surface area contributed by atoms with Crippen molar-refractivity contribution in [3.05, 3.63) is 0 Å². The Hall–Kier alpha value is -0.0800. The summed E-state index contributed by atoms with van der Waals surface area (Å²) in [5.74, 6) is 0. The number of hydrogen-bond donors (Lipinski definition) is 1. The summed E-state index contributed by atoms with van der Waals surface area (Å²) in [5.41, 5.74) is 0.0365. The molecule has 1 atom stereocenters. The summed E-state index contributed by atoms with van der Waals surface area (Å²) < 4.78 is 5.62. The smallest absolute Gasteiger partial charge is 0.119 e. The molecule has 1 aliphatic rings. The molecule has 0 spiro atoms.